The van der Waals surface area contributed by atoms with Crippen LogP contribution in [-0.4, -0.2) is 94.9 Å². The molecular weight excluding hydrogens is 548 g/mol. The lowest BCUT2D eigenvalue weighted by Crippen LogP contribution is -2.58. The predicted octanol–water partition coefficient (Wildman–Crippen LogP) is 0.408. The normalized spacial score (nSPS) is 33.0. The van der Waals surface area contributed by atoms with Gasteiger partial charge in [-0.05, 0) is 58.6 Å². The molecule has 39 heavy (non-hydrogen) atoms. The van der Waals surface area contributed by atoms with Gasteiger partial charge in [-0.25, -0.2) is 13.2 Å². The maximum Gasteiger partial charge on any atom is 0.408 e. The van der Waals surface area contributed by atoms with Crippen molar-refractivity contribution in [3.05, 3.63) is 12.2 Å². The van der Waals surface area contributed by atoms with Crippen LogP contribution >= 0.6 is 11.8 Å². The number of fused-ring (bicyclic) bond motifs is 2. The van der Waals surface area contributed by atoms with Gasteiger partial charge in [-0.3, -0.25) is 19.1 Å². The summed E-state index contributed by atoms with van der Waals surface area (Å²) in [4.78, 5) is 54.1. The maximum atomic E-state index is 13.6. The molecular formula is C25H38N4O8S2. The molecule has 2 saturated carbocycles. The number of carbonyl (C=O) groups excluding carboxylic acids is 4. The molecule has 218 valence electrons. The molecule has 0 aromatic rings. The second kappa shape index (κ2) is 11.3. The number of amides is 4. The number of rotatable bonds is 4. The zero-order chi connectivity index (χ0) is 28.6. The topological polar surface area (TPSA) is 171 Å². The number of thioether (sulfide) groups is 1. The molecule has 0 aromatic carbocycles. The first-order valence-electron chi connectivity index (χ1n) is 13.3. The van der Waals surface area contributed by atoms with E-state index in [1.807, 2.05) is 12.2 Å². The average Bonchev–Trinajstić information content (AvgIpc) is 3.73. The van der Waals surface area contributed by atoms with E-state index in [2.05, 4.69) is 15.4 Å². The molecule has 2 aliphatic carbocycles. The van der Waals surface area contributed by atoms with Crippen LogP contribution in [0.1, 0.15) is 59.3 Å². The Bertz CT molecular complexity index is 1130. The fourth-order valence-corrected chi connectivity index (χ4v) is 7.23. The zero-order valence-corrected chi connectivity index (χ0v) is 24.1. The Kier molecular flexibility index (Phi) is 8.58. The summed E-state index contributed by atoms with van der Waals surface area (Å²) >= 11 is 1.48. The van der Waals surface area contributed by atoms with Crippen molar-refractivity contribution in [3.63, 3.8) is 0 Å². The molecule has 4 rings (SSSR count). The Labute approximate surface area is 233 Å². The lowest BCUT2D eigenvalue weighted by atomic mass is 10.1. The number of hydrogen-bond donors (Lipinski definition) is 4. The quantitative estimate of drug-likeness (QED) is 0.341. The lowest BCUT2D eigenvalue weighted by molar-refractivity contribution is -0.140. The third-order valence-corrected chi connectivity index (χ3v) is 10.1. The van der Waals surface area contributed by atoms with Crippen molar-refractivity contribution in [1.82, 2.24) is 20.3 Å². The fourth-order valence-electron chi connectivity index (χ4n) is 4.86. The molecule has 0 bridgehead atoms. The van der Waals surface area contributed by atoms with Gasteiger partial charge in [0.1, 0.15) is 23.2 Å². The molecule has 4 amide bonds. The fraction of sp³-hybridized carbons (Fsp3) is 0.760. The van der Waals surface area contributed by atoms with Crippen molar-refractivity contribution in [1.29, 1.82) is 0 Å². The first-order valence-corrected chi connectivity index (χ1v) is 16.0. The summed E-state index contributed by atoms with van der Waals surface area (Å²) in [5.41, 5.74) is -2.23. The molecule has 14 heteroatoms. The van der Waals surface area contributed by atoms with E-state index in [1.54, 1.807) is 20.8 Å². The Balaban J connectivity index is 1.57. The van der Waals surface area contributed by atoms with Gasteiger partial charge in [0.25, 0.3) is 5.91 Å². The van der Waals surface area contributed by atoms with E-state index in [0.29, 0.717) is 25.0 Å². The third-order valence-electron chi connectivity index (χ3n) is 7.13. The van der Waals surface area contributed by atoms with Gasteiger partial charge in [0, 0.05) is 24.6 Å². The average molecular weight is 587 g/mol. The van der Waals surface area contributed by atoms with Crippen LogP contribution < -0.4 is 15.4 Å². The van der Waals surface area contributed by atoms with Gasteiger partial charge in [-0.2, -0.15) is 11.8 Å². The van der Waals surface area contributed by atoms with Crippen LogP contribution in [0.5, 0.6) is 0 Å². The number of aliphatic hydroxyl groups excluding tert-OH is 1. The minimum absolute atomic E-state index is 0.0531. The summed E-state index contributed by atoms with van der Waals surface area (Å²) in [6.07, 6.45) is 4.59. The number of ether oxygens (including phenoxy) is 1. The molecule has 4 N–H and O–H groups in total. The highest BCUT2D eigenvalue weighted by Crippen LogP contribution is 2.46. The second-order valence-electron chi connectivity index (χ2n) is 11.7. The van der Waals surface area contributed by atoms with Crippen molar-refractivity contribution >= 4 is 45.6 Å². The van der Waals surface area contributed by atoms with Gasteiger partial charge < -0.3 is 25.4 Å². The van der Waals surface area contributed by atoms with Crippen molar-refractivity contribution in [3.8, 4) is 0 Å². The number of allylic oxidation sites excluding steroid dienone is 1. The summed E-state index contributed by atoms with van der Waals surface area (Å²) in [6.45, 7) is 5.00. The van der Waals surface area contributed by atoms with Crippen LogP contribution in [-0.2, 0) is 29.1 Å². The summed E-state index contributed by atoms with van der Waals surface area (Å²) in [6, 6.07) is -2.10. The Hall–Kier alpha value is -2.32. The standard InChI is InChI=1S/C25H38N4O8S2/c1-24(2,3)37-23(34)26-18-14-38-10-6-4-5-7-15-12-25(15,22(33)28-39(35,36)17-8-9-17)27-20(31)19-11-16(30)13-29(19)21(18)32/h5,7,15-19,30H,4,6,8-14H2,1-3H3,(H,26,34)(H,27,31)(H,28,33)/b7-5-/t15-,16+,18-,19-,25+/m0/s1. The summed E-state index contributed by atoms with van der Waals surface area (Å²) in [5.74, 6) is -1.45. The Morgan fingerprint density at radius 2 is 1.97 bits per heavy atom. The monoisotopic (exact) mass is 586 g/mol. The maximum absolute atomic E-state index is 13.6. The highest BCUT2D eigenvalue weighted by Gasteiger charge is 2.62. The number of hydrogen-bond acceptors (Lipinski definition) is 9. The molecule has 5 atom stereocenters. The van der Waals surface area contributed by atoms with Gasteiger partial charge in [-0.15, -0.1) is 0 Å². The summed E-state index contributed by atoms with van der Waals surface area (Å²) in [7, 11) is -3.83. The van der Waals surface area contributed by atoms with E-state index in [1.165, 1.54) is 16.7 Å². The minimum atomic E-state index is -3.83. The molecule has 2 heterocycles. The Morgan fingerprint density at radius 1 is 1.26 bits per heavy atom. The minimum Gasteiger partial charge on any atom is -0.444 e. The van der Waals surface area contributed by atoms with E-state index in [9.17, 15) is 32.7 Å². The lowest BCUT2D eigenvalue weighted by Gasteiger charge is -2.30. The predicted molar refractivity (Wildman–Crippen MR) is 144 cm³/mol. The SMILES string of the molecule is CC(C)(C)OC(=O)N[C@H]1CSCCC/C=C\[C@H]2C[C@@]2(C(=O)NS(=O)(=O)C2CC2)NC(=O)[C@@H]2C[C@@H](O)CN2C1=O. The van der Waals surface area contributed by atoms with Crippen molar-refractivity contribution in [2.75, 3.05) is 18.1 Å². The second-order valence-corrected chi connectivity index (χ2v) is 14.8. The molecule has 4 aliphatic rings. The van der Waals surface area contributed by atoms with Gasteiger partial charge in [0.2, 0.25) is 21.8 Å². The van der Waals surface area contributed by atoms with Crippen molar-refractivity contribution < 1.29 is 37.4 Å². The number of carbonyl (C=O) groups is 4. The largest absolute Gasteiger partial charge is 0.444 e. The van der Waals surface area contributed by atoms with Crippen LogP contribution in [0, 0.1) is 5.92 Å². The van der Waals surface area contributed by atoms with Crippen molar-refractivity contribution in [2.24, 2.45) is 5.92 Å². The highest BCUT2D eigenvalue weighted by molar-refractivity contribution is 7.99. The van der Waals surface area contributed by atoms with Crippen LogP contribution in [0.4, 0.5) is 4.79 Å². The molecule has 0 spiro atoms. The van der Waals surface area contributed by atoms with Crippen LogP contribution in [0.3, 0.4) is 0 Å². The molecule has 1 saturated heterocycles. The van der Waals surface area contributed by atoms with E-state index in [0.717, 1.165) is 6.42 Å². The van der Waals surface area contributed by atoms with Crippen LogP contribution in [0.15, 0.2) is 12.2 Å². The third kappa shape index (κ3) is 7.26. The van der Waals surface area contributed by atoms with Gasteiger partial charge in [0.05, 0.1) is 11.4 Å². The number of aliphatic hydroxyl groups is 1. The molecule has 0 radical (unpaired) electrons. The van der Waals surface area contributed by atoms with E-state index < -0.39 is 74.3 Å². The molecule has 3 fully saturated rings. The number of nitrogens with zero attached hydrogens (tertiary/aromatic N) is 1. The van der Waals surface area contributed by atoms with Gasteiger partial charge in [0.15, 0.2) is 0 Å². The van der Waals surface area contributed by atoms with E-state index in [-0.39, 0.29) is 25.1 Å². The van der Waals surface area contributed by atoms with Crippen molar-refractivity contribution in [2.45, 2.75) is 93.9 Å². The molecule has 0 unspecified atom stereocenters. The van der Waals surface area contributed by atoms with Crippen LogP contribution in [0.2, 0.25) is 0 Å². The van der Waals surface area contributed by atoms with E-state index in [4.69, 9.17) is 4.74 Å². The first kappa shape index (κ1) is 29.7. The first-order chi connectivity index (χ1) is 18.2. The molecule has 0 aromatic heterocycles. The van der Waals surface area contributed by atoms with Crippen LogP contribution in [0.25, 0.3) is 0 Å². The van der Waals surface area contributed by atoms with E-state index >= 15 is 0 Å². The smallest absolute Gasteiger partial charge is 0.408 e. The Morgan fingerprint density at radius 3 is 2.64 bits per heavy atom. The van der Waals surface area contributed by atoms with Gasteiger partial charge in [-0.1, -0.05) is 12.2 Å². The number of sulfonamides is 1. The highest BCUT2D eigenvalue weighted by atomic mass is 32.2. The zero-order valence-electron chi connectivity index (χ0n) is 22.5. The van der Waals surface area contributed by atoms with Gasteiger partial charge >= 0.3 is 6.09 Å². The summed E-state index contributed by atoms with van der Waals surface area (Å²) < 4.78 is 32.4. The molecule has 2 aliphatic heterocycles. The molecule has 12 nitrogen and oxygen atoms in total. The number of alkyl carbamates (subject to hydrolysis) is 1. The number of nitrogens with one attached hydrogen (secondary N) is 3. The summed E-state index contributed by atoms with van der Waals surface area (Å²) in [5, 5.41) is 15.1.